The summed E-state index contributed by atoms with van der Waals surface area (Å²) in [6.45, 7) is 2.66. The van der Waals surface area contributed by atoms with E-state index in [9.17, 15) is 4.79 Å². The molecule has 0 aliphatic carbocycles. The number of ether oxygens (including phenoxy) is 1. The molecule has 0 fully saturated rings. The minimum atomic E-state index is -1.01. The van der Waals surface area contributed by atoms with Gasteiger partial charge in [-0.15, -0.1) is 0 Å². The van der Waals surface area contributed by atoms with Gasteiger partial charge in [-0.25, -0.2) is 4.79 Å². The van der Waals surface area contributed by atoms with Crippen molar-refractivity contribution in [3.05, 3.63) is 33.3 Å². The average Bonchev–Trinajstić information content (AvgIpc) is 2.29. The molecule has 0 saturated carbocycles. The van der Waals surface area contributed by atoms with Crippen LogP contribution in [0.3, 0.4) is 0 Å². The van der Waals surface area contributed by atoms with Gasteiger partial charge in [0.1, 0.15) is 5.75 Å². The van der Waals surface area contributed by atoms with Crippen LogP contribution in [0.2, 0.25) is 5.02 Å². The topological polar surface area (TPSA) is 46.5 Å². The minimum absolute atomic E-state index is 0.523. The summed E-state index contributed by atoms with van der Waals surface area (Å²) in [5, 5.41) is 9.17. The fraction of sp³-hybridized carbons (Fsp3) is 0.308. The zero-order valence-electron chi connectivity index (χ0n) is 9.95. The van der Waals surface area contributed by atoms with Crippen molar-refractivity contribution in [3.8, 4) is 5.75 Å². The molecule has 0 bridgehead atoms. The number of carbonyl (C=O) groups is 1. The van der Waals surface area contributed by atoms with E-state index in [1.165, 1.54) is 6.08 Å². The van der Waals surface area contributed by atoms with Gasteiger partial charge < -0.3 is 9.84 Å². The van der Waals surface area contributed by atoms with Gasteiger partial charge in [-0.05, 0) is 40.6 Å². The number of carboxylic acids is 1. The Morgan fingerprint density at radius 2 is 2.28 bits per heavy atom. The largest absolute Gasteiger partial charge is 0.492 e. The number of unbranched alkanes of at least 4 members (excludes halogenated alkanes) is 1. The second kappa shape index (κ2) is 7.44. The van der Waals surface area contributed by atoms with Crippen LogP contribution in [0.5, 0.6) is 5.75 Å². The number of aliphatic carboxylic acids is 1. The summed E-state index contributed by atoms with van der Waals surface area (Å²) >= 11 is 9.30. The number of benzene rings is 1. The monoisotopic (exact) mass is 332 g/mol. The Kier molecular flexibility index (Phi) is 6.22. The van der Waals surface area contributed by atoms with Crippen molar-refractivity contribution in [2.24, 2.45) is 0 Å². The van der Waals surface area contributed by atoms with Crippen LogP contribution in [0.25, 0.3) is 6.08 Å². The predicted octanol–water partition coefficient (Wildman–Crippen LogP) is 4.38. The van der Waals surface area contributed by atoms with E-state index in [4.69, 9.17) is 21.4 Å². The van der Waals surface area contributed by atoms with E-state index in [-0.39, 0.29) is 0 Å². The van der Waals surface area contributed by atoms with Crippen LogP contribution in [0.1, 0.15) is 25.3 Å². The van der Waals surface area contributed by atoms with E-state index in [0.717, 1.165) is 23.4 Å². The molecule has 0 atom stereocenters. The lowest BCUT2D eigenvalue weighted by Gasteiger charge is -2.11. The molecule has 0 unspecified atom stereocenters. The van der Waals surface area contributed by atoms with Crippen LogP contribution in [0, 0.1) is 0 Å². The maximum Gasteiger partial charge on any atom is 0.328 e. The second-order valence-corrected chi connectivity index (χ2v) is 4.97. The molecule has 0 aromatic heterocycles. The Labute approximate surface area is 120 Å². The smallest absolute Gasteiger partial charge is 0.328 e. The molecule has 1 N–H and O–H groups in total. The van der Waals surface area contributed by atoms with Crippen molar-refractivity contribution in [3.63, 3.8) is 0 Å². The standard InChI is InChI=1S/C13H14BrClO3/c1-2-3-6-18-13-9(4-5-12(16)17)7-10(15)8-11(13)14/h4-5,7-8H,2-3,6H2,1H3,(H,16,17)/b5-4+. The van der Waals surface area contributed by atoms with Gasteiger partial charge in [0.25, 0.3) is 0 Å². The van der Waals surface area contributed by atoms with E-state index in [2.05, 4.69) is 22.9 Å². The molecule has 0 aliphatic heterocycles. The van der Waals surface area contributed by atoms with Crippen LogP contribution in [0.15, 0.2) is 22.7 Å². The summed E-state index contributed by atoms with van der Waals surface area (Å²) < 4.78 is 6.36. The fourth-order valence-electron chi connectivity index (χ4n) is 1.34. The molecule has 1 aromatic rings. The van der Waals surface area contributed by atoms with Crippen LogP contribution in [-0.4, -0.2) is 17.7 Å². The van der Waals surface area contributed by atoms with Crippen molar-refractivity contribution in [2.75, 3.05) is 6.61 Å². The van der Waals surface area contributed by atoms with E-state index >= 15 is 0 Å². The summed E-state index contributed by atoms with van der Waals surface area (Å²) in [5.74, 6) is -0.393. The van der Waals surface area contributed by atoms with E-state index in [1.54, 1.807) is 12.1 Å². The molecule has 0 amide bonds. The number of rotatable bonds is 6. The lowest BCUT2D eigenvalue weighted by atomic mass is 10.2. The first-order valence-electron chi connectivity index (χ1n) is 5.57. The van der Waals surface area contributed by atoms with Crippen LogP contribution < -0.4 is 4.74 Å². The molecular weight excluding hydrogens is 319 g/mol. The minimum Gasteiger partial charge on any atom is -0.492 e. The molecule has 1 rings (SSSR count). The zero-order valence-corrected chi connectivity index (χ0v) is 12.3. The second-order valence-electron chi connectivity index (χ2n) is 3.68. The van der Waals surface area contributed by atoms with Crippen molar-refractivity contribution in [1.29, 1.82) is 0 Å². The Morgan fingerprint density at radius 3 is 2.89 bits per heavy atom. The highest BCUT2D eigenvalue weighted by Gasteiger charge is 2.08. The molecule has 3 nitrogen and oxygen atoms in total. The first kappa shape index (κ1) is 15.1. The van der Waals surface area contributed by atoms with Gasteiger partial charge in [0.2, 0.25) is 0 Å². The Bertz CT molecular complexity index is 458. The summed E-state index contributed by atoms with van der Waals surface area (Å²) in [6, 6.07) is 3.40. The fourth-order valence-corrected chi connectivity index (χ4v) is 2.28. The lowest BCUT2D eigenvalue weighted by Crippen LogP contribution is -1.99. The summed E-state index contributed by atoms with van der Waals surface area (Å²) in [7, 11) is 0. The summed E-state index contributed by atoms with van der Waals surface area (Å²) in [4.78, 5) is 10.5. The SMILES string of the molecule is CCCCOc1c(Br)cc(Cl)cc1/C=C/C(=O)O. The molecule has 98 valence electrons. The van der Waals surface area contributed by atoms with E-state index in [0.29, 0.717) is 22.9 Å². The Morgan fingerprint density at radius 1 is 1.56 bits per heavy atom. The highest BCUT2D eigenvalue weighted by Crippen LogP contribution is 2.33. The van der Waals surface area contributed by atoms with Gasteiger partial charge in [-0.2, -0.15) is 0 Å². The van der Waals surface area contributed by atoms with E-state index in [1.807, 2.05) is 0 Å². The zero-order chi connectivity index (χ0) is 13.5. The highest BCUT2D eigenvalue weighted by atomic mass is 79.9. The van der Waals surface area contributed by atoms with Gasteiger partial charge >= 0.3 is 5.97 Å². The third kappa shape index (κ3) is 4.70. The molecule has 1 aromatic carbocycles. The molecule has 5 heteroatoms. The molecule has 18 heavy (non-hydrogen) atoms. The van der Waals surface area contributed by atoms with Gasteiger partial charge in [-0.1, -0.05) is 24.9 Å². The van der Waals surface area contributed by atoms with Gasteiger partial charge in [-0.3, -0.25) is 0 Å². The number of halogens is 2. The van der Waals surface area contributed by atoms with Crippen molar-refractivity contribution in [2.45, 2.75) is 19.8 Å². The third-order valence-corrected chi connectivity index (χ3v) is 2.99. The van der Waals surface area contributed by atoms with Crippen LogP contribution >= 0.6 is 27.5 Å². The highest BCUT2D eigenvalue weighted by molar-refractivity contribution is 9.10. The number of hydrogen-bond acceptors (Lipinski definition) is 2. The van der Waals surface area contributed by atoms with E-state index < -0.39 is 5.97 Å². The normalized spacial score (nSPS) is 10.8. The average molecular weight is 334 g/mol. The maximum absolute atomic E-state index is 10.5. The Hall–Kier alpha value is -1.00. The summed E-state index contributed by atoms with van der Waals surface area (Å²) in [5.41, 5.74) is 0.646. The maximum atomic E-state index is 10.5. The number of hydrogen-bond donors (Lipinski definition) is 1. The van der Waals surface area contributed by atoms with Gasteiger partial charge in [0, 0.05) is 16.7 Å². The van der Waals surface area contributed by atoms with Crippen LogP contribution in [-0.2, 0) is 4.79 Å². The molecule has 0 heterocycles. The molecule has 0 saturated heterocycles. The first-order valence-corrected chi connectivity index (χ1v) is 6.74. The number of carboxylic acid groups (broad SMARTS) is 1. The van der Waals surface area contributed by atoms with Gasteiger partial charge in [0.05, 0.1) is 11.1 Å². The van der Waals surface area contributed by atoms with Crippen molar-refractivity contribution in [1.82, 2.24) is 0 Å². The van der Waals surface area contributed by atoms with Crippen molar-refractivity contribution < 1.29 is 14.6 Å². The lowest BCUT2D eigenvalue weighted by molar-refractivity contribution is -0.131. The molecule has 0 spiro atoms. The molecular formula is C13H14BrClO3. The van der Waals surface area contributed by atoms with Gasteiger partial charge in [0.15, 0.2) is 0 Å². The van der Waals surface area contributed by atoms with Crippen molar-refractivity contribution >= 4 is 39.6 Å². The Balaban J connectivity index is 3.00. The molecule has 0 radical (unpaired) electrons. The molecule has 0 aliphatic rings. The quantitative estimate of drug-likeness (QED) is 0.621. The predicted molar refractivity (Wildman–Crippen MR) is 76.2 cm³/mol. The van der Waals surface area contributed by atoms with Crippen LogP contribution in [0.4, 0.5) is 0 Å². The summed E-state index contributed by atoms with van der Waals surface area (Å²) in [6.07, 6.45) is 4.51. The first-order chi connectivity index (χ1) is 8.54. The third-order valence-electron chi connectivity index (χ3n) is 2.19.